The fraction of sp³-hybridized carbons (Fsp3) is 0.241. The second-order valence-corrected chi connectivity index (χ2v) is 10.9. The quantitative estimate of drug-likeness (QED) is 0.280. The van der Waals surface area contributed by atoms with Gasteiger partial charge in [0.2, 0.25) is 0 Å². The number of hydrogen-bond acceptors (Lipinski definition) is 7. The van der Waals surface area contributed by atoms with Crippen LogP contribution in [0.5, 0.6) is 0 Å². The molecule has 2 heterocycles. The molecule has 2 atom stereocenters. The van der Waals surface area contributed by atoms with Gasteiger partial charge in [-0.15, -0.1) is 0 Å². The van der Waals surface area contributed by atoms with Crippen molar-refractivity contribution in [3.8, 4) is 11.4 Å². The SMILES string of the molecule is CC(=O)c1ccc(NC(=O)NCCN2N=C(c3ccc4c(c3)nc(-c3cccc(F)c3)n4C)C(C)SC2O)cc1. The molecule has 2 amide bonds. The van der Waals surface area contributed by atoms with E-state index < -0.39 is 11.6 Å². The summed E-state index contributed by atoms with van der Waals surface area (Å²) in [7, 11) is 1.90. The van der Waals surface area contributed by atoms with Crippen LogP contribution in [-0.2, 0) is 7.05 Å². The normalized spacial score (nSPS) is 17.0. The number of aryl methyl sites for hydroxylation is 1. The van der Waals surface area contributed by atoms with E-state index in [4.69, 9.17) is 10.1 Å². The number of amides is 2. The van der Waals surface area contributed by atoms with E-state index in [1.807, 2.05) is 42.8 Å². The van der Waals surface area contributed by atoms with Gasteiger partial charge >= 0.3 is 6.03 Å². The van der Waals surface area contributed by atoms with Crippen LogP contribution in [0.4, 0.5) is 14.9 Å². The summed E-state index contributed by atoms with van der Waals surface area (Å²) >= 11 is 1.36. The van der Waals surface area contributed by atoms with Crippen LogP contribution in [0.1, 0.15) is 29.8 Å². The summed E-state index contributed by atoms with van der Waals surface area (Å²) in [5.41, 5.74) is 4.28. The zero-order valence-electron chi connectivity index (χ0n) is 22.3. The van der Waals surface area contributed by atoms with Gasteiger partial charge in [-0.2, -0.15) is 5.10 Å². The van der Waals surface area contributed by atoms with Gasteiger partial charge in [-0.05, 0) is 62.4 Å². The lowest BCUT2D eigenvalue weighted by molar-refractivity contribution is 0.0772. The highest BCUT2D eigenvalue weighted by Crippen LogP contribution is 2.30. The number of fused-ring (bicyclic) bond motifs is 1. The van der Waals surface area contributed by atoms with Crippen molar-refractivity contribution in [3.05, 3.63) is 83.7 Å². The van der Waals surface area contributed by atoms with Gasteiger partial charge in [0.1, 0.15) is 11.6 Å². The maximum Gasteiger partial charge on any atom is 0.319 e. The lowest BCUT2D eigenvalue weighted by atomic mass is 10.1. The van der Waals surface area contributed by atoms with Crippen LogP contribution >= 0.6 is 11.8 Å². The zero-order chi connectivity index (χ0) is 28.4. The Labute approximate surface area is 235 Å². The van der Waals surface area contributed by atoms with Gasteiger partial charge < -0.3 is 20.3 Å². The number of Topliss-reactive ketones (excluding diaryl/α,β-unsaturated/α-hetero) is 1. The van der Waals surface area contributed by atoms with Crippen molar-refractivity contribution in [2.75, 3.05) is 18.4 Å². The molecule has 0 saturated carbocycles. The van der Waals surface area contributed by atoms with E-state index in [0.717, 1.165) is 22.3 Å². The Morgan fingerprint density at radius 3 is 2.58 bits per heavy atom. The summed E-state index contributed by atoms with van der Waals surface area (Å²) in [5.74, 6) is 0.300. The molecule has 0 spiro atoms. The molecule has 1 aromatic heterocycles. The maximum absolute atomic E-state index is 13.8. The molecule has 0 radical (unpaired) electrons. The number of rotatable bonds is 7. The lowest BCUT2D eigenvalue weighted by Crippen LogP contribution is -2.42. The summed E-state index contributed by atoms with van der Waals surface area (Å²) in [6.45, 7) is 4.00. The van der Waals surface area contributed by atoms with Crippen molar-refractivity contribution in [1.29, 1.82) is 0 Å². The summed E-state index contributed by atoms with van der Waals surface area (Å²) in [6, 6.07) is 18.5. The highest BCUT2D eigenvalue weighted by atomic mass is 32.2. The van der Waals surface area contributed by atoms with Crippen LogP contribution in [0.25, 0.3) is 22.4 Å². The number of halogens is 1. The van der Waals surface area contributed by atoms with E-state index in [1.54, 1.807) is 35.3 Å². The molecule has 40 heavy (non-hydrogen) atoms. The topological polar surface area (TPSA) is 112 Å². The van der Waals surface area contributed by atoms with Crippen molar-refractivity contribution in [1.82, 2.24) is 19.9 Å². The Morgan fingerprint density at radius 2 is 1.85 bits per heavy atom. The molecule has 0 bridgehead atoms. The molecule has 1 aliphatic heterocycles. The minimum atomic E-state index is -0.860. The van der Waals surface area contributed by atoms with Crippen LogP contribution in [0, 0.1) is 5.82 Å². The van der Waals surface area contributed by atoms with Gasteiger partial charge in [0.05, 0.1) is 28.5 Å². The molecule has 2 unspecified atom stereocenters. The average Bonchev–Trinajstić information content (AvgIpc) is 3.25. The van der Waals surface area contributed by atoms with Crippen LogP contribution in [0.15, 0.2) is 71.8 Å². The molecule has 11 heteroatoms. The Balaban J connectivity index is 1.28. The number of thioether (sulfide) groups is 1. The number of aromatic nitrogens is 2. The van der Waals surface area contributed by atoms with Gasteiger partial charge in [-0.1, -0.05) is 30.0 Å². The summed E-state index contributed by atoms with van der Waals surface area (Å²) in [5, 5.41) is 22.3. The van der Waals surface area contributed by atoms with Gasteiger partial charge in [-0.25, -0.2) is 14.2 Å². The summed E-state index contributed by atoms with van der Waals surface area (Å²) in [4.78, 5) is 28.5. The van der Waals surface area contributed by atoms with E-state index in [0.29, 0.717) is 22.6 Å². The van der Waals surface area contributed by atoms with Crippen molar-refractivity contribution >= 4 is 46.0 Å². The molecule has 0 aliphatic carbocycles. The highest BCUT2D eigenvalue weighted by molar-refractivity contribution is 8.01. The number of carbonyl (C=O) groups is 2. The number of nitrogens with zero attached hydrogens (tertiary/aromatic N) is 4. The number of nitrogens with one attached hydrogen (secondary N) is 2. The van der Waals surface area contributed by atoms with Crippen molar-refractivity contribution in [2.45, 2.75) is 24.7 Å². The molecule has 9 nitrogen and oxygen atoms in total. The second kappa shape index (κ2) is 11.5. The predicted molar refractivity (Wildman–Crippen MR) is 156 cm³/mol. The van der Waals surface area contributed by atoms with Crippen LogP contribution < -0.4 is 10.6 Å². The first-order valence-corrected chi connectivity index (χ1v) is 13.7. The van der Waals surface area contributed by atoms with E-state index in [2.05, 4.69) is 10.6 Å². The Morgan fingerprint density at radius 1 is 1.07 bits per heavy atom. The monoisotopic (exact) mass is 560 g/mol. The summed E-state index contributed by atoms with van der Waals surface area (Å²) in [6.07, 6.45) is 0. The fourth-order valence-electron chi connectivity index (χ4n) is 4.53. The molecule has 1 aliphatic rings. The van der Waals surface area contributed by atoms with Crippen LogP contribution in [0.3, 0.4) is 0 Å². The first kappa shape index (κ1) is 27.4. The molecule has 0 fully saturated rings. The number of imidazole rings is 1. The molecule has 206 valence electrons. The number of aliphatic hydroxyl groups excluding tert-OH is 1. The number of urea groups is 1. The number of hydrogen-bond donors (Lipinski definition) is 3. The molecule has 3 aromatic carbocycles. The predicted octanol–water partition coefficient (Wildman–Crippen LogP) is 4.82. The smallest absolute Gasteiger partial charge is 0.319 e. The standard InChI is InChI=1S/C29H29FN6O3S/c1-17(37)19-7-10-23(11-8-19)32-28(38)31-13-14-36-29(39)40-18(2)26(34-36)20-9-12-25-24(16-20)33-27(35(25)3)21-5-4-6-22(30)15-21/h4-12,15-16,18,29,39H,13-14H2,1-3H3,(H2,31,32,38). The van der Waals surface area contributed by atoms with E-state index in [1.165, 1.54) is 30.8 Å². The number of hydrazone groups is 1. The minimum Gasteiger partial charge on any atom is -0.363 e. The lowest BCUT2D eigenvalue weighted by Gasteiger charge is -2.33. The third-order valence-electron chi connectivity index (χ3n) is 6.64. The zero-order valence-corrected chi connectivity index (χ0v) is 23.1. The minimum absolute atomic E-state index is 0.0447. The molecule has 5 rings (SSSR count). The van der Waals surface area contributed by atoms with E-state index in [9.17, 15) is 19.1 Å². The third-order valence-corrected chi connectivity index (χ3v) is 7.76. The van der Waals surface area contributed by atoms with Gasteiger partial charge in [0.25, 0.3) is 0 Å². The Bertz CT molecular complexity index is 1600. The van der Waals surface area contributed by atoms with Crippen molar-refractivity contribution < 1.29 is 19.1 Å². The maximum atomic E-state index is 13.8. The summed E-state index contributed by atoms with van der Waals surface area (Å²) < 4.78 is 15.7. The number of carbonyl (C=O) groups excluding carboxylic acids is 2. The molecule has 4 aromatic rings. The van der Waals surface area contributed by atoms with Crippen LogP contribution in [0.2, 0.25) is 0 Å². The molecule has 0 saturated heterocycles. The Hall–Kier alpha value is -4.22. The first-order chi connectivity index (χ1) is 19.2. The van der Waals surface area contributed by atoms with Gasteiger partial charge in [-0.3, -0.25) is 9.80 Å². The largest absolute Gasteiger partial charge is 0.363 e. The number of ketones is 1. The first-order valence-electron chi connectivity index (χ1n) is 12.8. The van der Waals surface area contributed by atoms with Crippen molar-refractivity contribution in [3.63, 3.8) is 0 Å². The number of benzene rings is 3. The van der Waals surface area contributed by atoms with Gasteiger partial charge in [0, 0.05) is 36.0 Å². The third kappa shape index (κ3) is 5.85. The highest BCUT2D eigenvalue weighted by Gasteiger charge is 2.28. The van der Waals surface area contributed by atoms with Crippen molar-refractivity contribution in [2.24, 2.45) is 12.1 Å². The van der Waals surface area contributed by atoms with E-state index in [-0.39, 0.29) is 29.9 Å². The Kier molecular flexibility index (Phi) is 7.85. The number of aliphatic hydroxyl groups is 1. The fourth-order valence-corrected chi connectivity index (χ4v) is 5.50. The molecule has 3 N–H and O–H groups in total. The van der Waals surface area contributed by atoms with E-state index >= 15 is 0 Å². The second-order valence-electron chi connectivity index (χ2n) is 9.48. The number of anilines is 1. The average molecular weight is 561 g/mol. The molecular formula is C29H29FN6O3S. The molecular weight excluding hydrogens is 531 g/mol. The van der Waals surface area contributed by atoms with Crippen LogP contribution in [-0.4, -0.2) is 61.1 Å². The van der Waals surface area contributed by atoms with Gasteiger partial charge in [0.15, 0.2) is 11.3 Å².